The summed E-state index contributed by atoms with van der Waals surface area (Å²) in [6.45, 7) is 11.8. The molecule has 0 aliphatic heterocycles. The van der Waals surface area contributed by atoms with Gasteiger partial charge in [-0.3, -0.25) is 0 Å². The molecule has 0 spiro atoms. The van der Waals surface area contributed by atoms with Crippen molar-refractivity contribution in [3.05, 3.63) is 0 Å². The van der Waals surface area contributed by atoms with Gasteiger partial charge in [-0.15, -0.1) is 0 Å². The van der Waals surface area contributed by atoms with E-state index in [-0.39, 0.29) is 0 Å². The van der Waals surface area contributed by atoms with Crippen molar-refractivity contribution in [2.75, 3.05) is 73.0 Å². The Kier molecular flexibility index (Phi) is 14.7. The minimum absolute atomic E-state index is 1.04. The molecule has 0 aromatic rings. The molecule has 0 fully saturated rings. The molecule has 5 heteroatoms. The van der Waals surface area contributed by atoms with Gasteiger partial charge in [-0.1, -0.05) is 6.92 Å². The van der Waals surface area contributed by atoms with Gasteiger partial charge in [-0.2, -0.15) is 0 Å². The van der Waals surface area contributed by atoms with Crippen LogP contribution < -0.4 is 21.3 Å². The van der Waals surface area contributed by atoms with Gasteiger partial charge in [-0.25, -0.2) is 0 Å². The summed E-state index contributed by atoms with van der Waals surface area (Å²) in [5, 5.41) is 13.6. The third-order valence-corrected chi connectivity index (χ3v) is 2.60. The monoisotopic (exact) mass is 259 g/mol. The van der Waals surface area contributed by atoms with Crippen molar-refractivity contribution in [1.29, 1.82) is 0 Å². The Hall–Kier alpha value is -0.200. The third kappa shape index (κ3) is 15.8. The Morgan fingerprint density at radius 1 is 0.611 bits per heavy atom. The molecule has 0 heterocycles. The largest absolute Gasteiger partial charge is 0.315 e. The molecule has 0 bridgehead atoms. The first-order valence-electron chi connectivity index (χ1n) is 7.25. The maximum Gasteiger partial charge on any atom is 0.0101 e. The van der Waals surface area contributed by atoms with Crippen molar-refractivity contribution in [2.45, 2.75) is 13.3 Å². The fourth-order valence-corrected chi connectivity index (χ4v) is 1.51. The molecule has 0 amide bonds. The Labute approximate surface area is 113 Å². The van der Waals surface area contributed by atoms with E-state index in [0.29, 0.717) is 0 Å². The van der Waals surface area contributed by atoms with Gasteiger partial charge >= 0.3 is 0 Å². The minimum atomic E-state index is 1.04. The van der Waals surface area contributed by atoms with E-state index in [1.54, 1.807) is 0 Å². The number of nitrogens with zero attached hydrogens (tertiary/aromatic N) is 1. The summed E-state index contributed by atoms with van der Waals surface area (Å²) in [6.07, 6.45) is 1.21. The van der Waals surface area contributed by atoms with Crippen LogP contribution in [0.3, 0.4) is 0 Å². The first kappa shape index (κ1) is 17.8. The highest BCUT2D eigenvalue weighted by molar-refractivity contribution is 4.57. The molecule has 0 aromatic heterocycles. The SMILES string of the molecule is CCCNCCNCCNCCNCCN(C)C. The van der Waals surface area contributed by atoms with Crippen LogP contribution in [0.5, 0.6) is 0 Å². The minimum Gasteiger partial charge on any atom is -0.315 e. The smallest absolute Gasteiger partial charge is 0.0101 e. The molecular weight excluding hydrogens is 226 g/mol. The van der Waals surface area contributed by atoms with Gasteiger partial charge in [0.15, 0.2) is 0 Å². The quantitative estimate of drug-likeness (QED) is 0.311. The highest BCUT2D eigenvalue weighted by Crippen LogP contribution is 1.70. The Morgan fingerprint density at radius 3 is 1.39 bits per heavy atom. The van der Waals surface area contributed by atoms with Crippen LogP contribution in [-0.2, 0) is 0 Å². The van der Waals surface area contributed by atoms with Crippen LogP contribution in [-0.4, -0.2) is 77.9 Å². The number of nitrogens with one attached hydrogen (secondary N) is 4. The van der Waals surface area contributed by atoms with Gasteiger partial charge in [-0.05, 0) is 27.1 Å². The van der Waals surface area contributed by atoms with Crippen molar-refractivity contribution in [2.24, 2.45) is 0 Å². The Balaban J connectivity index is 2.90. The topological polar surface area (TPSA) is 51.4 Å². The van der Waals surface area contributed by atoms with Crippen LogP contribution in [0.25, 0.3) is 0 Å². The molecule has 0 atom stereocenters. The van der Waals surface area contributed by atoms with E-state index in [2.05, 4.69) is 47.2 Å². The van der Waals surface area contributed by atoms with Crippen molar-refractivity contribution in [3.8, 4) is 0 Å². The van der Waals surface area contributed by atoms with E-state index in [1.165, 1.54) is 6.42 Å². The van der Waals surface area contributed by atoms with Crippen LogP contribution >= 0.6 is 0 Å². The number of hydrogen-bond acceptors (Lipinski definition) is 5. The third-order valence-electron chi connectivity index (χ3n) is 2.60. The second-order valence-corrected chi connectivity index (χ2v) is 4.80. The zero-order valence-electron chi connectivity index (χ0n) is 12.5. The average molecular weight is 259 g/mol. The standard InChI is InChI=1S/C13H33N5/c1-4-5-14-6-7-15-8-9-16-10-11-17-12-13-18(2)3/h14-17H,4-13H2,1-3H3. The maximum absolute atomic E-state index is 3.42. The molecule has 0 saturated heterocycles. The first-order valence-corrected chi connectivity index (χ1v) is 7.25. The fraction of sp³-hybridized carbons (Fsp3) is 1.00. The lowest BCUT2D eigenvalue weighted by Gasteiger charge is -2.11. The van der Waals surface area contributed by atoms with Crippen LogP contribution in [0.15, 0.2) is 0 Å². The van der Waals surface area contributed by atoms with Gasteiger partial charge in [0, 0.05) is 52.4 Å². The van der Waals surface area contributed by atoms with E-state index >= 15 is 0 Å². The van der Waals surface area contributed by atoms with Crippen LogP contribution in [0.1, 0.15) is 13.3 Å². The predicted octanol–water partition coefficient (Wildman–Crippen LogP) is -0.684. The molecule has 0 aliphatic carbocycles. The van der Waals surface area contributed by atoms with Crippen molar-refractivity contribution in [3.63, 3.8) is 0 Å². The average Bonchev–Trinajstić information content (AvgIpc) is 2.34. The van der Waals surface area contributed by atoms with Crippen molar-refractivity contribution >= 4 is 0 Å². The molecule has 110 valence electrons. The molecule has 0 rings (SSSR count). The highest BCUT2D eigenvalue weighted by Gasteiger charge is 1.91. The Morgan fingerprint density at radius 2 is 1.00 bits per heavy atom. The Bertz CT molecular complexity index is 152. The van der Waals surface area contributed by atoms with Gasteiger partial charge in [0.25, 0.3) is 0 Å². The normalized spacial score (nSPS) is 11.3. The lowest BCUT2D eigenvalue weighted by Crippen LogP contribution is -2.36. The molecule has 0 radical (unpaired) electrons. The van der Waals surface area contributed by atoms with Crippen LogP contribution in [0.4, 0.5) is 0 Å². The second-order valence-electron chi connectivity index (χ2n) is 4.80. The second kappa shape index (κ2) is 14.9. The van der Waals surface area contributed by atoms with E-state index in [9.17, 15) is 0 Å². The number of hydrogen-bond donors (Lipinski definition) is 4. The van der Waals surface area contributed by atoms with Crippen LogP contribution in [0, 0.1) is 0 Å². The lowest BCUT2D eigenvalue weighted by molar-refractivity contribution is 0.399. The van der Waals surface area contributed by atoms with Gasteiger partial charge in [0.1, 0.15) is 0 Å². The summed E-state index contributed by atoms with van der Waals surface area (Å²) in [4.78, 5) is 2.19. The number of rotatable bonds is 14. The zero-order valence-corrected chi connectivity index (χ0v) is 12.5. The lowest BCUT2D eigenvalue weighted by atomic mass is 10.4. The van der Waals surface area contributed by atoms with E-state index < -0.39 is 0 Å². The van der Waals surface area contributed by atoms with E-state index in [0.717, 1.165) is 58.9 Å². The van der Waals surface area contributed by atoms with Crippen LogP contribution in [0.2, 0.25) is 0 Å². The maximum atomic E-state index is 3.42. The van der Waals surface area contributed by atoms with Gasteiger partial charge in [0.05, 0.1) is 0 Å². The summed E-state index contributed by atoms with van der Waals surface area (Å²) in [6, 6.07) is 0. The zero-order chi connectivity index (χ0) is 13.5. The predicted molar refractivity (Wildman–Crippen MR) is 80.3 cm³/mol. The molecule has 5 nitrogen and oxygen atoms in total. The van der Waals surface area contributed by atoms with Crippen molar-refractivity contribution < 1.29 is 0 Å². The summed E-state index contributed by atoms with van der Waals surface area (Å²) >= 11 is 0. The van der Waals surface area contributed by atoms with Gasteiger partial charge in [0.2, 0.25) is 0 Å². The first-order chi connectivity index (χ1) is 8.77. The van der Waals surface area contributed by atoms with E-state index in [4.69, 9.17) is 0 Å². The summed E-state index contributed by atoms with van der Waals surface area (Å²) in [7, 11) is 4.20. The molecule has 0 saturated carbocycles. The molecular formula is C13H33N5. The molecule has 0 unspecified atom stereocenters. The molecule has 18 heavy (non-hydrogen) atoms. The molecule has 4 N–H and O–H groups in total. The molecule has 0 aliphatic rings. The summed E-state index contributed by atoms with van der Waals surface area (Å²) < 4.78 is 0. The molecule has 0 aromatic carbocycles. The van der Waals surface area contributed by atoms with E-state index in [1.807, 2.05) is 0 Å². The number of likely N-dealkylation sites (N-methyl/N-ethyl adjacent to an activating group) is 1. The fourth-order valence-electron chi connectivity index (χ4n) is 1.51. The summed E-state index contributed by atoms with van der Waals surface area (Å²) in [5.74, 6) is 0. The highest BCUT2D eigenvalue weighted by atomic mass is 15.1. The van der Waals surface area contributed by atoms with Gasteiger partial charge < -0.3 is 26.2 Å². The van der Waals surface area contributed by atoms with Crippen molar-refractivity contribution in [1.82, 2.24) is 26.2 Å². The summed E-state index contributed by atoms with van der Waals surface area (Å²) in [5.41, 5.74) is 0.